The average molecular weight is 407 g/mol. The number of hydrogen-bond donors (Lipinski definition) is 1. The number of ketones is 1. The highest BCUT2D eigenvalue weighted by Gasteiger charge is 2.34. The quantitative estimate of drug-likeness (QED) is 0.271. The Bertz CT molecular complexity index is 482. The molecule has 2 unspecified atom stereocenters. The van der Waals surface area contributed by atoms with E-state index in [1.807, 2.05) is 0 Å². The highest BCUT2D eigenvalue weighted by atomic mass is 16.5. The van der Waals surface area contributed by atoms with Crippen LogP contribution in [0.3, 0.4) is 0 Å². The van der Waals surface area contributed by atoms with Gasteiger partial charge in [-0.25, -0.2) is 0 Å². The number of allylic oxidation sites excluding steroid dienone is 1. The van der Waals surface area contributed by atoms with Gasteiger partial charge in [0.15, 0.2) is 5.78 Å². The molecule has 1 heterocycles. The Labute approximate surface area is 179 Å². The molecule has 0 radical (unpaired) electrons. The first kappa shape index (κ1) is 24.4. The number of Topliss-reactive ketones (excluding diaryl/α,β-unsaturated/α-hetero) is 1. The van der Waals surface area contributed by atoms with E-state index in [1.54, 1.807) is 0 Å². The summed E-state index contributed by atoms with van der Waals surface area (Å²) in [6.07, 6.45) is 24.1. The van der Waals surface area contributed by atoms with Gasteiger partial charge < -0.3 is 9.84 Å². The molecule has 0 aromatic rings. The monoisotopic (exact) mass is 406 g/mol. The molecule has 0 aromatic heterocycles. The maximum atomic E-state index is 12.0. The van der Waals surface area contributed by atoms with Crippen molar-refractivity contribution in [1.82, 2.24) is 0 Å². The van der Waals surface area contributed by atoms with Gasteiger partial charge in [0.25, 0.3) is 0 Å². The van der Waals surface area contributed by atoms with E-state index in [9.17, 15) is 9.90 Å². The average Bonchev–Trinajstić information content (AvgIpc) is 2.70. The van der Waals surface area contributed by atoms with Gasteiger partial charge in [0.05, 0.1) is 11.7 Å². The molecule has 3 nitrogen and oxygen atoms in total. The summed E-state index contributed by atoms with van der Waals surface area (Å²) in [7, 11) is 0. The Morgan fingerprint density at radius 1 is 0.793 bits per heavy atom. The zero-order valence-electron chi connectivity index (χ0n) is 19.1. The van der Waals surface area contributed by atoms with Crippen LogP contribution in [0, 0.1) is 0 Å². The molecule has 0 saturated heterocycles. The van der Waals surface area contributed by atoms with Crippen molar-refractivity contribution in [3.63, 3.8) is 0 Å². The lowest BCUT2D eigenvalue weighted by molar-refractivity contribution is -0.119. The van der Waals surface area contributed by atoms with Gasteiger partial charge in [-0.1, -0.05) is 96.8 Å². The third kappa shape index (κ3) is 9.68. The van der Waals surface area contributed by atoms with Gasteiger partial charge in [0, 0.05) is 19.3 Å². The molecular formula is C26H46O3. The number of carbonyl (C=O) groups excluding carboxylic acids is 1. The molecule has 0 amide bonds. The number of hydrogen-bond acceptors (Lipinski definition) is 3. The fraction of sp³-hybridized carbons (Fsp3) is 0.885. The van der Waals surface area contributed by atoms with Crippen LogP contribution in [0.25, 0.3) is 0 Å². The third-order valence-corrected chi connectivity index (χ3v) is 6.67. The number of aliphatic hydroxyl groups is 1. The van der Waals surface area contributed by atoms with Crippen LogP contribution in [0.1, 0.15) is 135 Å². The standard InChI is InChI=1S/C26H46O3/c1-2-3-4-5-6-7-8-9-10-11-12-13-14-15-16-18-22-21-24(28)26-23(27)19-17-20-25(26)29-22/h22,24,28H,2-21H2,1H3. The SMILES string of the molecule is CCCCCCCCCCCCCCCCCC1CC(O)C2=C(CCCC2=O)O1. The van der Waals surface area contributed by atoms with Crippen molar-refractivity contribution in [1.29, 1.82) is 0 Å². The fourth-order valence-corrected chi connectivity index (χ4v) is 4.86. The van der Waals surface area contributed by atoms with Gasteiger partial charge >= 0.3 is 0 Å². The summed E-state index contributed by atoms with van der Waals surface area (Å²) < 4.78 is 6.05. The second-order valence-corrected chi connectivity index (χ2v) is 9.34. The van der Waals surface area contributed by atoms with Crippen LogP contribution in [-0.4, -0.2) is 23.1 Å². The third-order valence-electron chi connectivity index (χ3n) is 6.67. The molecule has 3 heteroatoms. The molecule has 0 bridgehead atoms. The van der Waals surface area contributed by atoms with Crippen LogP contribution in [0.4, 0.5) is 0 Å². The Kier molecular flexibility index (Phi) is 12.7. The first-order valence-corrected chi connectivity index (χ1v) is 12.8. The largest absolute Gasteiger partial charge is 0.494 e. The molecule has 0 aromatic carbocycles. The summed E-state index contributed by atoms with van der Waals surface area (Å²) >= 11 is 0. The van der Waals surface area contributed by atoms with Crippen molar-refractivity contribution in [2.24, 2.45) is 0 Å². The number of carbonyl (C=O) groups is 1. The summed E-state index contributed by atoms with van der Waals surface area (Å²) in [5, 5.41) is 10.3. The van der Waals surface area contributed by atoms with Crippen LogP contribution in [-0.2, 0) is 9.53 Å². The van der Waals surface area contributed by atoms with E-state index in [2.05, 4.69) is 6.92 Å². The van der Waals surface area contributed by atoms with Crippen molar-refractivity contribution in [2.45, 2.75) is 148 Å². The highest BCUT2D eigenvalue weighted by molar-refractivity contribution is 5.97. The molecule has 0 spiro atoms. The summed E-state index contributed by atoms with van der Waals surface area (Å²) in [5.74, 6) is 0.898. The van der Waals surface area contributed by atoms with E-state index >= 15 is 0 Å². The van der Waals surface area contributed by atoms with Gasteiger partial charge in [-0.2, -0.15) is 0 Å². The number of rotatable bonds is 16. The first-order chi connectivity index (χ1) is 14.2. The lowest BCUT2D eigenvalue weighted by Crippen LogP contribution is -2.34. The van der Waals surface area contributed by atoms with E-state index < -0.39 is 6.10 Å². The minimum atomic E-state index is -0.590. The minimum absolute atomic E-state index is 0.101. The van der Waals surface area contributed by atoms with Crippen LogP contribution >= 0.6 is 0 Å². The van der Waals surface area contributed by atoms with E-state index in [0.29, 0.717) is 18.4 Å². The first-order valence-electron chi connectivity index (χ1n) is 12.8. The highest BCUT2D eigenvalue weighted by Crippen LogP contribution is 2.34. The maximum Gasteiger partial charge on any atom is 0.164 e. The molecule has 2 atom stereocenters. The lowest BCUT2D eigenvalue weighted by Gasteiger charge is -2.33. The minimum Gasteiger partial charge on any atom is -0.494 e. The van der Waals surface area contributed by atoms with Crippen molar-refractivity contribution in [3.05, 3.63) is 11.3 Å². The molecule has 2 aliphatic rings. The van der Waals surface area contributed by atoms with Gasteiger partial charge in [0.1, 0.15) is 11.9 Å². The summed E-state index contributed by atoms with van der Waals surface area (Å²) in [5.41, 5.74) is 0.587. The molecular weight excluding hydrogens is 360 g/mol. The second-order valence-electron chi connectivity index (χ2n) is 9.34. The predicted octanol–water partition coefficient (Wildman–Crippen LogP) is 7.40. The number of ether oxygens (including phenoxy) is 1. The van der Waals surface area contributed by atoms with Crippen molar-refractivity contribution in [3.8, 4) is 0 Å². The Morgan fingerprint density at radius 2 is 1.31 bits per heavy atom. The van der Waals surface area contributed by atoms with Crippen molar-refractivity contribution >= 4 is 5.78 Å². The van der Waals surface area contributed by atoms with Crippen LogP contribution in [0.2, 0.25) is 0 Å². The molecule has 1 aliphatic heterocycles. The van der Waals surface area contributed by atoms with Crippen LogP contribution in [0.5, 0.6) is 0 Å². The number of aliphatic hydroxyl groups excluding tert-OH is 1. The summed E-state index contributed by atoms with van der Waals surface area (Å²) in [4.78, 5) is 12.0. The van der Waals surface area contributed by atoms with Crippen LogP contribution in [0.15, 0.2) is 11.3 Å². The fourth-order valence-electron chi connectivity index (χ4n) is 4.86. The maximum absolute atomic E-state index is 12.0. The summed E-state index contributed by atoms with van der Waals surface area (Å²) in [6.45, 7) is 2.28. The molecule has 1 aliphatic carbocycles. The van der Waals surface area contributed by atoms with Gasteiger partial charge in [0.2, 0.25) is 0 Å². The Balaban J connectivity index is 1.38. The van der Waals surface area contributed by atoms with Crippen molar-refractivity contribution in [2.75, 3.05) is 0 Å². The Hall–Kier alpha value is -0.830. The van der Waals surface area contributed by atoms with E-state index in [-0.39, 0.29) is 11.9 Å². The molecule has 0 saturated carbocycles. The number of unbranched alkanes of at least 4 members (excludes halogenated alkanes) is 14. The van der Waals surface area contributed by atoms with Crippen molar-refractivity contribution < 1.29 is 14.6 Å². The molecule has 1 N–H and O–H groups in total. The smallest absolute Gasteiger partial charge is 0.164 e. The molecule has 0 fully saturated rings. The molecule has 29 heavy (non-hydrogen) atoms. The topological polar surface area (TPSA) is 46.5 Å². The molecule has 2 rings (SSSR count). The van der Waals surface area contributed by atoms with E-state index in [0.717, 1.165) is 25.0 Å². The lowest BCUT2D eigenvalue weighted by atomic mass is 9.87. The Morgan fingerprint density at radius 3 is 1.86 bits per heavy atom. The normalized spacial score (nSPS) is 21.9. The zero-order chi connectivity index (χ0) is 20.7. The van der Waals surface area contributed by atoms with Gasteiger partial charge in [-0.05, 0) is 19.3 Å². The summed E-state index contributed by atoms with van der Waals surface area (Å²) in [6, 6.07) is 0. The zero-order valence-corrected chi connectivity index (χ0v) is 19.1. The van der Waals surface area contributed by atoms with Gasteiger partial charge in [-0.3, -0.25) is 4.79 Å². The van der Waals surface area contributed by atoms with Crippen LogP contribution < -0.4 is 0 Å². The second kappa shape index (κ2) is 15.0. The van der Waals surface area contributed by atoms with E-state index in [4.69, 9.17) is 4.74 Å². The van der Waals surface area contributed by atoms with E-state index in [1.165, 1.54) is 96.3 Å². The van der Waals surface area contributed by atoms with Gasteiger partial charge in [-0.15, -0.1) is 0 Å². The predicted molar refractivity (Wildman–Crippen MR) is 121 cm³/mol. The molecule has 168 valence electrons.